The third kappa shape index (κ3) is 5.88. The fourth-order valence-electron chi connectivity index (χ4n) is 4.61. The van der Waals surface area contributed by atoms with E-state index in [4.69, 9.17) is 9.47 Å². The van der Waals surface area contributed by atoms with Crippen molar-refractivity contribution in [1.29, 1.82) is 0 Å². The minimum absolute atomic E-state index is 0.504. The van der Waals surface area contributed by atoms with Gasteiger partial charge in [0, 0.05) is 13.2 Å². The van der Waals surface area contributed by atoms with Crippen molar-refractivity contribution in [2.24, 2.45) is 17.8 Å². The lowest BCUT2D eigenvalue weighted by Crippen LogP contribution is -2.29. The molecule has 2 aliphatic heterocycles. The quantitative estimate of drug-likeness (QED) is 0.563. The van der Waals surface area contributed by atoms with E-state index in [1.807, 2.05) is 0 Å². The number of rotatable bonds is 6. The fourth-order valence-corrected chi connectivity index (χ4v) is 4.61. The molecule has 0 aromatic rings. The van der Waals surface area contributed by atoms with Gasteiger partial charge in [0.2, 0.25) is 0 Å². The maximum atomic E-state index is 6.19. The Balaban J connectivity index is 1.26. The van der Waals surface area contributed by atoms with Gasteiger partial charge in [0.25, 0.3) is 0 Å². The Kier molecular flexibility index (Phi) is 7.21. The van der Waals surface area contributed by atoms with Crippen LogP contribution in [0.25, 0.3) is 0 Å². The topological polar surface area (TPSA) is 18.5 Å². The van der Waals surface area contributed by atoms with Crippen LogP contribution in [0.15, 0.2) is 11.6 Å². The Labute approximate surface area is 149 Å². The van der Waals surface area contributed by atoms with Crippen molar-refractivity contribution >= 4 is 0 Å². The summed E-state index contributed by atoms with van der Waals surface area (Å²) in [5.74, 6) is 2.52. The molecule has 0 aromatic carbocycles. The van der Waals surface area contributed by atoms with Gasteiger partial charge in [-0.2, -0.15) is 0 Å². The molecule has 0 N–H and O–H groups in total. The lowest BCUT2D eigenvalue weighted by atomic mass is 9.83. The van der Waals surface area contributed by atoms with Crippen molar-refractivity contribution in [3.05, 3.63) is 11.6 Å². The van der Waals surface area contributed by atoms with Crippen LogP contribution in [-0.2, 0) is 9.47 Å². The second kappa shape index (κ2) is 9.38. The Hall–Kier alpha value is -0.340. The summed E-state index contributed by atoms with van der Waals surface area (Å²) in [6.07, 6.45) is 18.0. The third-order valence-electron chi connectivity index (χ3n) is 6.60. The Morgan fingerprint density at radius 3 is 2.12 bits per heavy atom. The molecule has 0 bridgehead atoms. The van der Waals surface area contributed by atoms with Crippen molar-refractivity contribution in [2.45, 2.75) is 96.7 Å². The number of ether oxygens (including phenoxy) is 2. The summed E-state index contributed by atoms with van der Waals surface area (Å²) in [5, 5.41) is 0. The SMILES string of the molecule is CC1=CCC(CCC2CCC(CCC3CCC(C)CO3)OC2)CC1. The molecule has 0 spiro atoms. The van der Waals surface area contributed by atoms with Gasteiger partial charge in [0.05, 0.1) is 12.2 Å². The zero-order chi connectivity index (χ0) is 16.8. The molecule has 0 amide bonds. The standard InChI is InChI=1S/C22H38O2/c1-17-3-6-19(7-4-17)8-9-20-10-12-22(24-16-20)14-13-21-11-5-18(2)15-23-21/h3,18-22H,4-16H2,1-2H3. The highest BCUT2D eigenvalue weighted by Crippen LogP contribution is 2.32. The van der Waals surface area contributed by atoms with Crippen LogP contribution in [-0.4, -0.2) is 25.4 Å². The maximum Gasteiger partial charge on any atom is 0.0576 e. The Morgan fingerprint density at radius 2 is 1.54 bits per heavy atom. The predicted octanol–water partition coefficient (Wildman–Crippen LogP) is 5.90. The first kappa shape index (κ1) is 18.5. The molecule has 3 rings (SSSR count). The normalized spacial score (nSPS) is 37.9. The van der Waals surface area contributed by atoms with Crippen molar-refractivity contribution in [3.8, 4) is 0 Å². The molecule has 138 valence electrons. The van der Waals surface area contributed by atoms with Crippen LogP contribution in [0, 0.1) is 17.8 Å². The minimum atomic E-state index is 0.504. The first-order valence-electron chi connectivity index (χ1n) is 10.6. The average Bonchev–Trinajstić information content (AvgIpc) is 2.62. The molecule has 2 saturated heterocycles. The summed E-state index contributed by atoms with van der Waals surface area (Å²) in [4.78, 5) is 0. The second-order valence-electron chi connectivity index (χ2n) is 8.88. The van der Waals surface area contributed by atoms with Gasteiger partial charge in [-0.3, -0.25) is 0 Å². The van der Waals surface area contributed by atoms with Crippen molar-refractivity contribution in [2.75, 3.05) is 13.2 Å². The van der Waals surface area contributed by atoms with E-state index >= 15 is 0 Å². The van der Waals surface area contributed by atoms with E-state index < -0.39 is 0 Å². The monoisotopic (exact) mass is 334 g/mol. The summed E-state index contributed by atoms with van der Waals surface area (Å²) >= 11 is 0. The molecule has 5 unspecified atom stereocenters. The van der Waals surface area contributed by atoms with E-state index in [1.54, 1.807) is 5.57 Å². The van der Waals surface area contributed by atoms with Crippen LogP contribution in [0.4, 0.5) is 0 Å². The molecular formula is C22H38O2. The summed E-state index contributed by atoms with van der Waals surface area (Å²) in [7, 11) is 0. The Bertz CT molecular complexity index is 387. The first-order valence-corrected chi connectivity index (χ1v) is 10.6. The van der Waals surface area contributed by atoms with Crippen LogP contribution in [0.2, 0.25) is 0 Å². The summed E-state index contributed by atoms with van der Waals surface area (Å²) < 4.78 is 12.1. The van der Waals surface area contributed by atoms with E-state index in [2.05, 4.69) is 19.9 Å². The van der Waals surface area contributed by atoms with E-state index in [1.165, 1.54) is 70.6 Å². The van der Waals surface area contributed by atoms with Crippen molar-refractivity contribution in [1.82, 2.24) is 0 Å². The molecule has 2 fully saturated rings. The van der Waals surface area contributed by atoms with E-state index in [0.717, 1.165) is 31.0 Å². The molecule has 2 nitrogen and oxygen atoms in total. The van der Waals surface area contributed by atoms with Crippen molar-refractivity contribution in [3.63, 3.8) is 0 Å². The van der Waals surface area contributed by atoms with Gasteiger partial charge in [-0.15, -0.1) is 0 Å². The van der Waals surface area contributed by atoms with Crippen LogP contribution >= 0.6 is 0 Å². The smallest absolute Gasteiger partial charge is 0.0576 e. The third-order valence-corrected chi connectivity index (χ3v) is 6.60. The summed E-state index contributed by atoms with van der Waals surface area (Å²) in [5.41, 5.74) is 1.60. The molecule has 3 aliphatic rings. The van der Waals surface area contributed by atoms with E-state index in [9.17, 15) is 0 Å². The van der Waals surface area contributed by atoms with Crippen LogP contribution in [0.5, 0.6) is 0 Å². The van der Waals surface area contributed by atoms with Crippen LogP contribution in [0.1, 0.15) is 84.5 Å². The van der Waals surface area contributed by atoms with Gasteiger partial charge in [0.15, 0.2) is 0 Å². The highest BCUT2D eigenvalue weighted by atomic mass is 16.5. The molecule has 2 heteroatoms. The van der Waals surface area contributed by atoms with Gasteiger partial charge in [0.1, 0.15) is 0 Å². The molecule has 0 radical (unpaired) electrons. The van der Waals surface area contributed by atoms with Crippen LogP contribution < -0.4 is 0 Å². The zero-order valence-electron chi connectivity index (χ0n) is 16.0. The van der Waals surface area contributed by atoms with Gasteiger partial charge < -0.3 is 9.47 Å². The van der Waals surface area contributed by atoms with Gasteiger partial charge in [-0.05, 0) is 95.3 Å². The predicted molar refractivity (Wildman–Crippen MR) is 100 cm³/mol. The first-order chi connectivity index (χ1) is 11.7. The highest BCUT2D eigenvalue weighted by Gasteiger charge is 2.25. The van der Waals surface area contributed by atoms with Gasteiger partial charge >= 0.3 is 0 Å². The van der Waals surface area contributed by atoms with Crippen LogP contribution in [0.3, 0.4) is 0 Å². The largest absolute Gasteiger partial charge is 0.378 e. The van der Waals surface area contributed by atoms with Gasteiger partial charge in [-0.1, -0.05) is 18.6 Å². The van der Waals surface area contributed by atoms with Gasteiger partial charge in [-0.25, -0.2) is 0 Å². The molecule has 0 saturated carbocycles. The fraction of sp³-hybridized carbons (Fsp3) is 0.909. The zero-order valence-corrected chi connectivity index (χ0v) is 16.0. The lowest BCUT2D eigenvalue weighted by Gasteiger charge is -2.32. The molecule has 24 heavy (non-hydrogen) atoms. The molecule has 5 atom stereocenters. The molecule has 1 aliphatic carbocycles. The van der Waals surface area contributed by atoms with E-state index in [-0.39, 0.29) is 0 Å². The average molecular weight is 335 g/mol. The number of hydrogen-bond donors (Lipinski definition) is 0. The summed E-state index contributed by atoms with van der Waals surface area (Å²) in [6.45, 7) is 6.55. The lowest BCUT2D eigenvalue weighted by molar-refractivity contribution is -0.0489. The number of allylic oxidation sites excluding steroid dienone is 2. The van der Waals surface area contributed by atoms with E-state index in [0.29, 0.717) is 12.2 Å². The minimum Gasteiger partial charge on any atom is -0.378 e. The highest BCUT2D eigenvalue weighted by molar-refractivity contribution is 5.02. The number of hydrogen-bond acceptors (Lipinski definition) is 2. The molecular weight excluding hydrogens is 296 g/mol. The summed E-state index contributed by atoms with van der Waals surface area (Å²) in [6, 6.07) is 0. The Morgan fingerprint density at radius 1 is 0.833 bits per heavy atom. The van der Waals surface area contributed by atoms with Crippen molar-refractivity contribution < 1.29 is 9.47 Å². The second-order valence-corrected chi connectivity index (χ2v) is 8.88. The molecule has 0 aromatic heterocycles. The molecule has 2 heterocycles. The maximum absolute atomic E-state index is 6.19.